The number of anilines is 1. The molecule has 122 valence electrons. The first-order valence-corrected chi connectivity index (χ1v) is 6.41. The zero-order valence-electron chi connectivity index (χ0n) is 12.6. The number of hydrogen-bond acceptors (Lipinski definition) is 4. The predicted octanol–water partition coefficient (Wildman–Crippen LogP) is 3.56. The van der Waals surface area contributed by atoms with E-state index in [1.54, 1.807) is 20.8 Å². The van der Waals surface area contributed by atoms with Gasteiger partial charge in [0.25, 0.3) is 0 Å². The van der Waals surface area contributed by atoms with Crippen LogP contribution in [0.3, 0.4) is 0 Å². The lowest BCUT2D eigenvalue weighted by Gasteiger charge is -2.20. The summed E-state index contributed by atoms with van der Waals surface area (Å²) in [5.74, 6) is -0.849. The second kappa shape index (κ2) is 6.29. The van der Waals surface area contributed by atoms with Gasteiger partial charge in [-0.25, -0.2) is 4.79 Å². The van der Waals surface area contributed by atoms with Gasteiger partial charge in [0.05, 0.1) is 16.8 Å². The lowest BCUT2D eigenvalue weighted by molar-refractivity contribution is -0.150. The average molecular weight is 317 g/mol. The van der Waals surface area contributed by atoms with Crippen LogP contribution in [0.4, 0.5) is 18.9 Å². The van der Waals surface area contributed by atoms with Crippen LogP contribution < -0.4 is 10.5 Å². The molecule has 0 aliphatic carbocycles. The van der Waals surface area contributed by atoms with Crippen molar-refractivity contribution in [1.29, 1.82) is 0 Å². The van der Waals surface area contributed by atoms with Crippen molar-refractivity contribution in [2.75, 3.05) is 12.3 Å². The maximum absolute atomic E-state index is 12.6. The van der Waals surface area contributed by atoms with Crippen molar-refractivity contribution in [2.24, 2.45) is 0 Å². The van der Waals surface area contributed by atoms with Crippen LogP contribution >= 0.6 is 0 Å². The van der Waals surface area contributed by atoms with E-state index in [9.17, 15) is 18.0 Å². The Morgan fingerprint density at radius 2 is 1.86 bits per heavy atom. The van der Waals surface area contributed by atoms with Gasteiger partial charge >= 0.3 is 12.1 Å². The Bertz CT molecular complexity index is 574. The summed E-state index contributed by atoms with van der Waals surface area (Å²) in [6.45, 7) is 8.23. The lowest BCUT2D eigenvalue weighted by atomic mass is 10.2. The average Bonchev–Trinajstić information content (AvgIpc) is 2.33. The van der Waals surface area contributed by atoms with E-state index in [1.165, 1.54) is 0 Å². The third-order valence-corrected chi connectivity index (χ3v) is 2.43. The molecule has 0 bridgehead atoms. The molecule has 1 aromatic carbocycles. The van der Waals surface area contributed by atoms with Gasteiger partial charge in [0.1, 0.15) is 18.0 Å². The van der Waals surface area contributed by atoms with Crippen molar-refractivity contribution in [3.05, 3.63) is 35.9 Å². The Labute approximate surface area is 126 Å². The molecule has 0 aliphatic rings. The first-order chi connectivity index (χ1) is 9.90. The van der Waals surface area contributed by atoms with E-state index >= 15 is 0 Å². The van der Waals surface area contributed by atoms with Gasteiger partial charge in [-0.3, -0.25) is 0 Å². The van der Waals surface area contributed by atoms with Crippen LogP contribution in [-0.2, 0) is 15.7 Å². The fraction of sp³-hybridized carbons (Fsp3) is 0.400. The number of carbonyl (C=O) groups is 1. The zero-order chi connectivity index (χ0) is 17.1. The van der Waals surface area contributed by atoms with Gasteiger partial charge < -0.3 is 15.2 Å². The molecule has 7 heteroatoms. The number of carbonyl (C=O) groups excluding carboxylic acids is 1. The van der Waals surface area contributed by atoms with E-state index in [2.05, 4.69) is 6.58 Å². The standard InChI is InChI=1S/C15H18F3NO3/c1-9(13(20)22-14(2,3)4)8-21-12-7-10(15(16,17)18)5-6-11(12)19/h5-7H,1,8,19H2,2-4H3. The van der Waals surface area contributed by atoms with E-state index in [4.69, 9.17) is 15.2 Å². The van der Waals surface area contributed by atoms with Gasteiger partial charge in [-0.05, 0) is 39.0 Å². The molecular weight excluding hydrogens is 299 g/mol. The maximum atomic E-state index is 12.6. The number of alkyl halides is 3. The summed E-state index contributed by atoms with van der Waals surface area (Å²) in [7, 11) is 0. The molecule has 1 aromatic rings. The minimum Gasteiger partial charge on any atom is -0.486 e. The molecule has 0 amide bonds. The molecule has 0 aliphatic heterocycles. The highest BCUT2D eigenvalue weighted by molar-refractivity contribution is 5.88. The first-order valence-electron chi connectivity index (χ1n) is 6.41. The Hall–Kier alpha value is -2.18. The van der Waals surface area contributed by atoms with Gasteiger partial charge in [0.15, 0.2) is 0 Å². The molecule has 22 heavy (non-hydrogen) atoms. The predicted molar refractivity (Wildman–Crippen MR) is 76.3 cm³/mol. The van der Waals surface area contributed by atoms with Crippen LogP contribution in [-0.4, -0.2) is 18.2 Å². The summed E-state index contributed by atoms with van der Waals surface area (Å²) in [5, 5.41) is 0. The SMILES string of the molecule is C=C(COc1cc(C(F)(F)F)ccc1N)C(=O)OC(C)(C)C. The van der Waals surface area contributed by atoms with Crippen molar-refractivity contribution in [2.45, 2.75) is 32.5 Å². The second-order valence-corrected chi connectivity index (χ2v) is 5.64. The summed E-state index contributed by atoms with van der Waals surface area (Å²) in [5.41, 5.74) is 3.98. The number of esters is 1. The lowest BCUT2D eigenvalue weighted by Crippen LogP contribution is -2.26. The number of hydrogen-bond donors (Lipinski definition) is 1. The number of rotatable bonds is 4. The van der Waals surface area contributed by atoms with Gasteiger partial charge in [-0.1, -0.05) is 6.58 Å². The quantitative estimate of drug-likeness (QED) is 0.524. The molecule has 0 radical (unpaired) electrons. The molecule has 1 rings (SSSR count). The zero-order valence-corrected chi connectivity index (χ0v) is 12.6. The minimum atomic E-state index is -4.51. The van der Waals surface area contributed by atoms with Crippen LogP contribution in [0.15, 0.2) is 30.4 Å². The Morgan fingerprint density at radius 1 is 1.27 bits per heavy atom. The molecule has 4 nitrogen and oxygen atoms in total. The molecule has 0 unspecified atom stereocenters. The number of nitrogens with two attached hydrogens (primary N) is 1. The fourth-order valence-corrected chi connectivity index (χ4v) is 1.41. The van der Waals surface area contributed by atoms with E-state index < -0.39 is 23.3 Å². The van der Waals surface area contributed by atoms with Gasteiger partial charge in [-0.15, -0.1) is 0 Å². The van der Waals surface area contributed by atoms with Crippen molar-refractivity contribution in [1.82, 2.24) is 0 Å². The number of ether oxygens (including phenoxy) is 2. The molecule has 0 heterocycles. The topological polar surface area (TPSA) is 61.5 Å². The smallest absolute Gasteiger partial charge is 0.416 e. The Balaban J connectivity index is 2.76. The summed E-state index contributed by atoms with van der Waals surface area (Å²) in [6, 6.07) is 2.72. The third kappa shape index (κ3) is 5.31. The number of nitrogen functional groups attached to an aromatic ring is 1. The highest BCUT2D eigenvalue weighted by Crippen LogP contribution is 2.34. The number of benzene rings is 1. The third-order valence-electron chi connectivity index (χ3n) is 2.43. The fourth-order valence-electron chi connectivity index (χ4n) is 1.41. The summed E-state index contributed by atoms with van der Waals surface area (Å²) < 4.78 is 48.1. The van der Waals surface area contributed by atoms with Crippen LogP contribution in [0.1, 0.15) is 26.3 Å². The number of halogens is 3. The van der Waals surface area contributed by atoms with E-state index in [0.717, 1.165) is 18.2 Å². The molecule has 2 N–H and O–H groups in total. The molecule has 0 saturated carbocycles. The van der Waals surface area contributed by atoms with Crippen LogP contribution in [0.5, 0.6) is 5.75 Å². The Kier molecular flexibility index (Phi) is 5.11. The van der Waals surface area contributed by atoms with Crippen molar-refractivity contribution in [3.8, 4) is 5.75 Å². The largest absolute Gasteiger partial charge is 0.486 e. The first kappa shape index (κ1) is 17.9. The highest BCUT2D eigenvalue weighted by Gasteiger charge is 2.31. The molecule has 0 spiro atoms. The summed E-state index contributed by atoms with van der Waals surface area (Å²) in [4.78, 5) is 11.7. The summed E-state index contributed by atoms with van der Waals surface area (Å²) >= 11 is 0. The van der Waals surface area contributed by atoms with Crippen molar-refractivity contribution in [3.63, 3.8) is 0 Å². The maximum Gasteiger partial charge on any atom is 0.416 e. The van der Waals surface area contributed by atoms with Gasteiger partial charge in [0, 0.05) is 0 Å². The van der Waals surface area contributed by atoms with E-state index in [0.29, 0.717) is 0 Å². The van der Waals surface area contributed by atoms with E-state index in [-0.39, 0.29) is 23.6 Å². The molecule has 0 aromatic heterocycles. The van der Waals surface area contributed by atoms with Crippen LogP contribution in [0.25, 0.3) is 0 Å². The van der Waals surface area contributed by atoms with E-state index in [1.807, 2.05) is 0 Å². The van der Waals surface area contributed by atoms with Crippen molar-refractivity contribution >= 4 is 11.7 Å². The van der Waals surface area contributed by atoms with Gasteiger partial charge in [0.2, 0.25) is 0 Å². The molecular formula is C15H18F3NO3. The summed E-state index contributed by atoms with van der Waals surface area (Å²) in [6.07, 6.45) is -4.51. The Morgan fingerprint density at radius 3 is 2.36 bits per heavy atom. The second-order valence-electron chi connectivity index (χ2n) is 5.64. The van der Waals surface area contributed by atoms with Gasteiger partial charge in [-0.2, -0.15) is 13.2 Å². The molecule has 0 saturated heterocycles. The molecule has 0 atom stereocenters. The molecule has 0 fully saturated rings. The monoisotopic (exact) mass is 317 g/mol. The van der Waals surface area contributed by atoms with Crippen molar-refractivity contribution < 1.29 is 27.4 Å². The van der Waals surface area contributed by atoms with Crippen LogP contribution in [0.2, 0.25) is 0 Å². The minimum absolute atomic E-state index is 0.0215. The van der Waals surface area contributed by atoms with Crippen LogP contribution in [0, 0.1) is 0 Å². The normalized spacial score (nSPS) is 11.9. The highest BCUT2D eigenvalue weighted by atomic mass is 19.4.